The number of alkyl halides is 3. The molecule has 0 spiro atoms. The molecule has 2 aromatic carbocycles. The number of nitrogens with zero attached hydrogens (tertiary/aromatic N) is 5. The zero-order valence-corrected chi connectivity index (χ0v) is 23.5. The van der Waals surface area contributed by atoms with E-state index in [9.17, 15) is 22.8 Å². The molecule has 5 rings (SSSR count). The van der Waals surface area contributed by atoms with E-state index >= 15 is 0 Å². The predicted octanol–water partition coefficient (Wildman–Crippen LogP) is 3.99. The number of imidazole rings is 1. The fraction of sp³-hybridized carbons (Fsp3) is 0.414. The Kier molecular flexibility index (Phi) is 7.45. The maximum absolute atomic E-state index is 13.1. The van der Waals surface area contributed by atoms with Crippen molar-refractivity contribution in [2.45, 2.75) is 45.6 Å². The number of hydrogen-bond donors (Lipinski definition) is 1. The normalized spacial score (nSPS) is 15.0. The molecule has 1 aliphatic rings. The van der Waals surface area contributed by atoms with Gasteiger partial charge in [0, 0.05) is 45.3 Å². The third-order valence-corrected chi connectivity index (χ3v) is 7.39. The van der Waals surface area contributed by atoms with Gasteiger partial charge in [0.2, 0.25) is 5.95 Å². The maximum Gasteiger partial charge on any atom is 0.573 e. The van der Waals surface area contributed by atoms with Crippen molar-refractivity contribution in [1.82, 2.24) is 24.0 Å². The molecular formula is C29H33F3N6O3. The number of halogens is 3. The molecular weight excluding hydrogens is 537 g/mol. The molecule has 9 nitrogen and oxygen atoms in total. The Bertz CT molecular complexity index is 1660. The molecule has 1 N–H and O–H groups in total. The van der Waals surface area contributed by atoms with Crippen LogP contribution in [0, 0.1) is 0 Å². The molecule has 12 heteroatoms. The van der Waals surface area contributed by atoms with E-state index in [1.165, 1.54) is 40.9 Å². The van der Waals surface area contributed by atoms with Gasteiger partial charge in [-0.2, -0.15) is 4.98 Å². The van der Waals surface area contributed by atoms with E-state index in [-0.39, 0.29) is 34.4 Å². The average molecular weight is 571 g/mol. The van der Waals surface area contributed by atoms with Gasteiger partial charge < -0.3 is 9.64 Å². The molecule has 41 heavy (non-hydrogen) atoms. The number of anilines is 1. The quantitative estimate of drug-likeness (QED) is 0.377. The molecule has 0 aliphatic carbocycles. The minimum absolute atomic E-state index is 0.0835. The molecule has 0 amide bonds. The summed E-state index contributed by atoms with van der Waals surface area (Å²) < 4.78 is 46.4. The number of aromatic amines is 1. The van der Waals surface area contributed by atoms with Crippen LogP contribution in [0.5, 0.6) is 5.75 Å². The van der Waals surface area contributed by atoms with Crippen molar-refractivity contribution in [2.75, 3.05) is 31.1 Å². The van der Waals surface area contributed by atoms with Crippen LogP contribution in [0.1, 0.15) is 37.5 Å². The van der Waals surface area contributed by atoms with E-state index in [0.717, 1.165) is 6.54 Å². The molecule has 0 unspecified atom stereocenters. The van der Waals surface area contributed by atoms with E-state index in [1.54, 1.807) is 10.6 Å². The van der Waals surface area contributed by atoms with Crippen LogP contribution >= 0.6 is 0 Å². The summed E-state index contributed by atoms with van der Waals surface area (Å²) in [5.74, 6) is 0.0408. The van der Waals surface area contributed by atoms with Crippen molar-refractivity contribution in [3.05, 3.63) is 86.1 Å². The molecule has 0 bridgehead atoms. The summed E-state index contributed by atoms with van der Waals surface area (Å²) in [6.45, 7) is 9.81. The number of H-pyrrole nitrogens is 1. The van der Waals surface area contributed by atoms with Gasteiger partial charge in [0.15, 0.2) is 11.2 Å². The summed E-state index contributed by atoms with van der Waals surface area (Å²) in [5, 5.41) is 0. The number of para-hydroxylation sites is 1. The van der Waals surface area contributed by atoms with E-state index in [1.807, 2.05) is 4.90 Å². The fourth-order valence-corrected chi connectivity index (χ4v) is 5.12. The van der Waals surface area contributed by atoms with Gasteiger partial charge in [-0.1, -0.05) is 63.2 Å². The highest BCUT2D eigenvalue weighted by atomic mass is 19.4. The standard InChI is InChI=1S/C29H33F3N6O3/c1-28(2,3)21-11-9-19(10-12-21)17-36-13-15-37(16-14-36)26-33-24-23(25(39)34-27(40)35(24)4)38(26)18-20-7-5-6-8-22(20)41-29(30,31)32/h5-12H,13-18H2,1-4H3,(H,34,39,40). The summed E-state index contributed by atoms with van der Waals surface area (Å²) in [6, 6.07) is 14.4. The highest BCUT2D eigenvalue weighted by Crippen LogP contribution is 2.30. The van der Waals surface area contributed by atoms with Crippen LogP contribution in [-0.2, 0) is 25.6 Å². The molecule has 4 aromatic rings. The van der Waals surface area contributed by atoms with E-state index in [2.05, 4.69) is 64.6 Å². The van der Waals surface area contributed by atoms with Gasteiger partial charge in [-0.25, -0.2) is 4.79 Å². The third-order valence-electron chi connectivity index (χ3n) is 7.39. The van der Waals surface area contributed by atoms with E-state index < -0.39 is 17.6 Å². The minimum atomic E-state index is -4.87. The number of piperazine rings is 1. The molecule has 0 atom stereocenters. The third kappa shape index (κ3) is 6.17. The van der Waals surface area contributed by atoms with Crippen LogP contribution in [-0.4, -0.2) is 56.5 Å². The van der Waals surface area contributed by atoms with Crippen molar-refractivity contribution < 1.29 is 17.9 Å². The lowest BCUT2D eigenvalue weighted by atomic mass is 9.87. The number of aryl methyl sites for hydroxylation is 1. The second kappa shape index (κ2) is 10.7. The second-order valence-corrected chi connectivity index (χ2v) is 11.4. The van der Waals surface area contributed by atoms with Gasteiger partial charge >= 0.3 is 12.1 Å². The van der Waals surface area contributed by atoms with Gasteiger partial charge in [0.25, 0.3) is 5.56 Å². The number of rotatable bonds is 6. The highest BCUT2D eigenvalue weighted by Gasteiger charge is 2.32. The van der Waals surface area contributed by atoms with Gasteiger partial charge in [-0.3, -0.25) is 23.8 Å². The Hall–Kier alpha value is -4.06. The van der Waals surface area contributed by atoms with Crippen LogP contribution < -0.4 is 20.9 Å². The maximum atomic E-state index is 13.1. The number of ether oxygens (including phenoxy) is 1. The molecule has 218 valence electrons. The molecule has 0 radical (unpaired) electrons. The average Bonchev–Trinajstić information content (AvgIpc) is 3.28. The summed E-state index contributed by atoms with van der Waals surface area (Å²) in [7, 11) is 1.49. The first-order valence-electron chi connectivity index (χ1n) is 13.4. The van der Waals surface area contributed by atoms with Crippen LogP contribution in [0.4, 0.5) is 19.1 Å². The van der Waals surface area contributed by atoms with Crippen LogP contribution in [0.3, 0.4) is 0 Å². The topological polar surface area (TPSA) is 88.4 Å². The van der Waals surface area contributed by atoms with Gasteiger partial charge in [0.1, 0.15) is 5.75 Å². The van der Waals surface area contributed by atoms with Crippen LogP contribution in [0.2, 0.25) is 0 Å². The van der Waals surface area contributed by atoms with Crippen molar-refractivity contribution in [3.8, 4) is 5.75 Å². The highest BCUT2D eigenvalue weighted by molar-refractivity contribution is 5.74. The number of fused-ring (bicyclic) bond motifs is 1. The first-order chi connectivity index (χ1) is 19.3. The SMILES string of the molecule is Cn1c(=O)[nH]c(=O)c2c1nc(N1CCN(Cc3ccc(C(C)(C)C)cc3)CC1)n2Cc1ccccc1OC(F)(F)F. The Balaban J connectivity index is 1.43. The summed E-state index contributed by atoms with van der Waals surface area (Å²) in [6.07, 6.45) is -4.87. The summed E-state index contributed by atoms with van der Waals surface area (Å²) >= 11 is 0. The van der Waals surface area contributed by atoms with Crippen molar-refractivity contribution in [3.63, 3.8) is 0 Å². The Morgan fingerprint density at radius 1 is 0.927 bits per heavy atom. The minimum Gasteiger partial charge on any atom is -0.405 e. The largest absolute Gasteiger partial charge is 0.573 e. The Labute approximate surface area is 234 Å². The Morgan fingerprint density at radius 3 is 2.22 bits per heavy atom. The zero-order chi connectivity index (χ0) is 29.5. The fourth-order valence-electron chi connectivity index (χ4n) is 5.12. The van der Waals surface area contributed by atoms with Crippen LogP contribution in [0.15, 0.2) is 58.1 Å². The lowest BCUT2D eigenvalue weighted by Crippen LogP contribution is -2.47. The summed E-state index contributed by atoms with van der Waals surface area (Å²) in [4.78, 5) is 36.5. The van der Waals surface area contributed by atoms with Crippen molar-refractivity contribution in [2.24, 2.45) is 7.05 Å². The number of benzene rings is 2. The van der Waals surface area contributed by atoms with E-state index in [0.29, 0.717) is 32.1 Å². The van der Waals surface area contributed by atoms with Gasteiger partial charge in [-0.05, 0) is 22.6 Å². The second-order valence-electron chi connectivity index (χ2n) is 11.4. The zero-order valence-electron chi connectivity index (χ0n) is 23.5. The van der Waals surface area contributed by atoms with Crippen molar-refractivity contribution in [1.29, 1.82) is 0 Å². The van der Waals surface area contributed by atoms with Gasteiger partial charge in [0.05, 0.1) is 6.54 Å². The smallest absolute Gasteiger partial charge is 0.405 e. The van der Waals surface area contributed by atoms with Crippen LogP contribution in [0.25, 0.3) is 11.2 Å². The molecule has 2 aromatic heterocycles. The molecule has 1 fully saturated rings. The number of nitrogens with one attached hydrogen (secondary N) is 1. The molecule has 1 aliphatic heterocycles. The predicted molar refractivity (Wildman–Crippen MR) is 150 cm³/mol. The molecule has 0 saturated carbocycles. The number of hydrogen-bond acceptors (Lipinski definition) is 6. The number of aromatic nitrogens is 4. The monoisotopic (exact) mass is 570 g/mol. The molecule has 1 saturated heterocycles. The first kappa shape index (κ1) is 28.5. The van der Waals surface area contributed by atoms with Crippen molar-refractivity contribution >= 4 is 17.1 Å². The lowest BCUT2D eigenvalue weighted by Gasteiger charge is -2.35. The van der Waals surface area contributed by atoms with Gasteiger partial charge in [-0.15, -0.1) is 13.2 Å². The Morgan fingerprint density at radius 2 is 1.59 bits per heavy atom. The first-order valence-corrected chi connectivity index (χ1v) is 13.4. The lowest BCUT2D eigenvalue weighted by molar-refractivity contribution is -0.274. The summed E-state index contributed by atoms with van der Waals surface area (Å²) in [5.41, 5.74) is 1.76. The molecule has 3 heterocycles. The van der Waals surface area contributed by atoms with E-state index in [4.69, 9.17) is 0 Å².